The summed E-state index contributed by atoms with van der Waals surface area (Å²) in [5.41, 5.74) is 3.16. The maximum Gasteiger partial charge on any atom is 0.225 e. The zero-order chi connectivity index (χ0) is 17.3. The van der Waals surface area contributed by atoms with Crippen molar-refractivity contribution in [1.29, 1.82) is 0 Å². The molecule has 1 amide bonds. The van der Waals surface area contributed by atoms with Crippen molar-refractivity contribution in [3.8, 4) is 0 Å². The first-order valence-corrected chi connectivity index (χ1v) is 8.79. The van der Waals surface area contributed by atoms with E-state index in [-0.39, 0.29) is 5.91 Å². The SMILES string of the molecule is O=C(CCNCc1ccccc1)Nc1ccccc1N1CCOCC1. The fourth-order valence-electron chi connectivity index (χ4n) is 2.90. The predicted molar refractivity (Wildman–Crippen MR) is 101 cm³/mol. The van der Waals surface area contributed by atoms with Gasteiger partial charge in [0.05, 0.1) is 24.6 Å². The van der Waals surface area contributed by atoms with Gasteiger partial charge in [-0.1, -0.05) is 42.5 Å². The van der Waals surface area contributed by atoms with Crippen LogP contribution in [0.15, 0.2) is 54.6 Å². The summed E-state index contributed by atoms with van der Waals surface area (Å²) in [6.45, 7) is 4.59. The molecule has 0 aliphatic carbocycles. The molecule has 5 nitrogen and oxygen atoms in total. The fourth-order valence-corrected chi connectivity index (χ4v) is 2.90. The number of carbonyl (C=O) groups excluding carboxylic acids is 1. The molecule has 0 radical (unpaired) electrons. The second-order valence-corrected chi connectivity index (χ2v) is 6.08. The van der Waals surface area contributed by atoms with E-state index in [0.717, 1.165) is 44.2 Å². The summed E-state index contributed by atoms with van der Waals surface area (Å²) in [5.74, 6) is 0.0290. The molecule has 2 aromatic rings. The Labute approximate surface area is 149 Å². The number of morpholine rings is 1. The highest BCUT2D eigenvalue weighted by Gasteiger charge is 2.15. The Balaban J connectivity index is 1.47. The van der Waals surface area contributed by atoms with Crippen LogP contribution in [-0.4, -0.2) is 38.8 Å². The van der Waals surface area contributed by atoms with Gasteiger partial charge in [0.2, 0.25) is 5.91 Å². The second-order valence-electron chi connectivity index (χ2n) is 6.08. The summed E-state index contributed by atoms with van der Waals surface area (Å²) in [7, 11) is 0. The molecule has 0 spiro atoms. The highest BCUT2D eigenvalue weighted by molar-refractivity contribution is 5.94. The van der Waals surface area contributed by atoms with Crippen LogP contribution in [0.3, 0.4) is 0 Å². The number of rotatable bonds is 7. The van der Waals surface area contributed by atoms with E-state index >= 15 is 0 Å². The van der Waals surface area contributed by atoms with Gasteiger partial charge in [-0.05, 0) is 17.7 Å². The average molecular weight is 339 g/mol. The molecule has 1 aliphatic rings. The lowest BCUT2D eigenvalue weighted by molar-refractivity contribution is -0.116. The molecule has 1 saturated heterocycles. The average Bonchev–Trinajstić information content (AvgIpc) is 2.67. The van der Waals surface area contributed by atoms with Crippen LogP contribution in [0.5, 0.6) is 0 Å². The zero-order valence-electron chi connectivity index (χ0n) is 14.4. The molecule has 5 heteroatoms. The van der Waals surface area contributed by atoms with Crippen molar-refractivity contribution in [2.24, 2.45) is 0 Å². The monoisotopic (exact) mass is 339 g/mol. The van der Waals surface area contributed by atoms with Crippen LogP contribution in [-0.2, 0) is 16.1 Å². The maximum atomic E-state index is 12.3. The molecule has 0 bridgehead atoms. The van der Waals surface area contributed by atoms with Gasteiger partial charge in [-0.15, -0.1) is 0 Å². The Morgan fingerprint density at radius 3 is 2.52 bits per heavy atom. The third-order valence-electron chi connectivity index (χ3n) is 4.23. The summed E-state index contributed by atoms with van der Waals surface area (Å²) in [6.07, 6.45) is 0.449. The van der Waals surface area contributed by atoms with E-state index in [0.29, 0.717) is 13.0 Å². The van der Waals surface area contributed by atoms with Crippen molar-refractivity contribution in [2.45, 2.75) is 13.0 Å². The lowest BCUT2D eigenvalue weighted by Gasteiger charge is -2.30. The number of para-hydroxylation sites is 2. The molecule has 0 atom stereocenters. The number of anilines is 2. The second kappa shape index (κ2) is 9.20. The maximum absolute atomic E-state index is 12.3. The third kappa shape index (κ3) is 5.31. The summed E-state index contributed by atoms with van der Waals surface area (Å²) in [5, 5.41) is 6.35. The zero-order valence-corrected chi connectivity index (χ0v) is 14.4. The van der Waals surface area contributed by atoms with Gasteiger partial charge >= 0.3 is 0 Å². The Morgan fingerprint density at radius 2 is 1.72 bits per heavy atom. The Bertz CT molecular complexity index is 670. The van der Waals surface area contributed by atoms with Crippen molar-refractivity contribution >= 4 is 17.3 Å². The standard InChI is InChI=1S/C20H25N3O2/c24-20(10-11-21-16-17-6-2-1-3-7-17)22-18-8-4-5-9-19(18)23-12-14-25-15-13-23/h1-9,21H,10-16H2,(H,22,24). The van der Waals surface area contributed by atoms with Crippen molar-refractivity contribution in [3.05, 3.63) is 60.2 Å². The molecule has 2 N–H and O–H groups in total. The van der Waals surface area contributed by atoms with E-state index in [1.165, 1.54) is 5.56 Å². The minimum atomic E-state index is 0.0290. The highest BCUT2D eigenvalue weighted by atomic mass is 16.5. The largest absolute Gasteiger partial charge is 0.378 e. The summed E-state index contributed by atoms with van der Waals surface area (Å²) < 4.78 is 5.41. The summed E-state index contributed by atoms with van der Waals surface area (Å²) in [4.78, 5) is 14.5. The van der Waals surface area contributed by atoms with E-state index in [4.69, 9.17) is 4.74 Å². The van der Waals surface area contributed by atoms with Crippen molar-refractivity contribution in [3.63, 3.8) is 0 Å². The van der Waals surface area contributed by atoms with Gasteiger partial charge in [-0.2, -0.15) is 0 Å². The van der Waals surface area contributed by atoms with Gasteiger partial charge in [-0.3, -0.25) is 4.79 Å². The Kier molecular flexibility index (Phi) is 6.42. The first-order valence-electron chi connectivity index (χ1n) is 8.79. The topological polar surface area (TPSA) is 53.6 Å². The molecule has 25 heavy (non-hydrogen) atoms. The number of amides is 1. The predicted octanol–water partition coefficient (Wildman–Crippen LogP) is 2.64. The van der Waals surface area contributed by atoms with Crippen LogP contribution >= 0.6 is 0 Å². The summed E-state index contributed by atoms with van der Waals surface area (Å²) in [6, 6.07) is 18.2. The van der Waals surface area contributed by atoms with Crippen molar-refractivity contribution in [2.75, 3.05) is 43.1 Å². The lowest BCUT2D eigenvalue weighted by Crippen LogP contribution is -2.36. The van der Waals surface area contributed by atoms with Crippen LogP contribution in [0.4, 0.5) is 11.4 Å². The van der Waals surface area contributed by atoms with Gasteiger partial charge in [0.1, 0.15) is 0 Å². The molecule has 0 unspecified atom stereocenters. The van der Waals surface area contributed by atoms with Crippen molar-refractivity contribution < 1.29 is 9.53 Å². The van der Waals surface area contributed by atoms with E-state index in [1.54, 1.807) is 0 Å². The van der Waals surface area contributed by atoms with Crippen LogP contribution in [0.25, 0.3) is 0 Å². The van der Waals surface area contributed by atoms with Gasteiger partial charge < -0.3 is 20.3 Å². The fraction of sp³-hybridized carbons (Fsp3) is 0.350. The molecule has 3 rings (SSSR count). The third-order valence-corrected chi connectivity index (χ3v) is 4.23. The van der Waals surface area contributed by atoms with Crippen LogP contribution in [0, 0.1) is 0 Å². The number of nitrogens with one attached hydrogen (secondary N) is 2. The van der Waals surface area contributed by atoms with E-state index in [2.05, 4.69) is 33.7 Å². The van der Waals surface area contributed by atoms with Gasteiger partial charge in [-0.25, -0.2) is 0 Å². The van der Waals surface area contributed by atoms with E-state index < -0.39 is 0 Å². The highest BCUT2D eigenvalue weighted by Crippen LogP contribution is 2.26. The van der Waals surface area contributed by atoms with E-state index in [9.17, 15) is 4.79 Å². The number of hydrogen-bond donors (Lipinski definition) is 2. The van der Waals surface area contributed by atoms with Crippen LogP contribution in [0.1, 0.15) is 12.0 Å². The minimum Gasteiger partial charge on any atom is -0.378 e. The van der Waals surface area contributed by atoms with Gasteiger partial charge in [0.15, 0.2) is 0 Å². The molecule has 1 fully saturated rings. The Morgan fingerprint density at radius 1 is 1.00 bits per heavy atom. The van der Waals surface area contributed by atoms with E-state index in [1.807, 2.05) is 36.4 Å². The Hall–Kier alpha value is -2.37. The lowest BCUT2D eigenvalue weighted by atomic mass is 10.2. The normalized spacial score (nSPS) is 14.3. The van der Waals surface area contributed by atoms with Gasteiger partial charge in [0.25, 0.3) is 0 Å². The molecular formula is C20H25N3O2. The number of nitrogens with zero attached hydrogens (tertiary/aromatic N) is 1. The molecule has 1 heterocycles. The quantitative estimate of drug-likeness (QED) is 0.762. The van der Waals surface area contributed by atoms with Crippen molar-refractivity contribution in [1.82, 2.24) is 5.32 Å². The first kappa shape index (κ1) is 17.5. The number of hydrogen-bond acceptors (Lipinski definition) is 4. The molecule has 0 aromatic heterocycles. The smallest absolute Gasteiger partial charge is 0.225 e. The molecule has 1 aliphatic heterocycles. The number of ether oxygens (including phenoxy) is 1. The van der Waals surface area contributed by atoms with Crippen LogP contribution in [0.2, 0.25) is 0 Å². The molecule has 132 valence electrons. The van der Waals surface area contributed by atoms with Crippen LogP contribution < -0.4 is 15.5 Å². The number of benzene rings is 2. The molecule has 2 aromatic carbocycles. The number of carbonyl (C=O) groups is 1. The summed E-state index contributed by atoms with van der Waals surface area (Å²) >= 11 is 0. The van der Waals surface area contributed by atoms with Gasteiger partial charge in [0, 0.05) is 32.6 Å². The first-order chi connectivity index (χ1) is 12.3. The molecule has 0 saturated carbocycles. The minimum absolute atomic E-state index is 0.0290. The molecular weight excluding hydrogens is 314 g/mol.